The number of likely N-dealkylation sites (tertiary alicyclic amines) is 1. The van der Waals surface area contributed by atoms with Crippen molar-refractivity contribution in [2.45, 2.75) is 26.2 Å². The van der Waals surface area contributed by atoms with E-state index in [-0.39, 0.29) is 5.91 Å². The van der Waals surface area contributed by atoms with Crippen molar-refractivity contribution in [3.05, 3.63) is 46.4 Å². The molecular weight excluding hydrogens is 326 g/mol. The van der Waals surface area contributed by atoms with Crippen LogP contribution in [-0.4, -0.2) is 23.9 Å². The molecule has 2 aromatic rings. The van der Waals surface area contributed by atoms with Crippen molar-refractivity contribution >= 4 is 32.6 Å². The van der Waals surface area contributed by atoms with E-state index in [1.54, 1.807) is 0 Å². The number of halogens is 1. The summed E-state index contributed by atoms with van der Waals surface area (Å²) < 4.78 is 1.07. The molecule has 0 aromatic heterocycles. The monoisotopic (exact) mass is 345 g/mol. The molecule has 1 heterocycles. The fourth-order valence-corrected chi connectivity index (χ4v) is 3.46. The molecule has 1 amide bonds. The molecule has 110 valence electrons. The molecule has 1 aliphatic rings. The fraction of sp³-hybridized carbons (Fsp3) is 0.389. The highest BCUT2D eigenvalue weighted by Crippen LogP contribution is 2.24. The summed E-state index contributed by atoms with van der Waals surface area (Å²) in [5, 5.41) is 2.28. The van der Waals surface area contributed by atoms with Crippen molar-refractivity contribution in [1.29, 1.82) is 0 Å². The third kappa shape index (κ3) is 3.13. The number of fused-ring (bicyclic) bond motifs is 1. The molecule has 3 heteroatoms. The van der Waals surface area contributed by atoms with Crippen LogP contribution in [-0.2, 0) is 0 Å². The molecule has 0 atom stereocenters. The zero-order valence-corrected chi connectivity index (χ0v) is 13.9. The van der Waals surface area contributed by atoms with Crippen molar-refractivity contribution in [3.8, 4) is 0 Å². The topological polar surface area (TPSA) is 20.3 Å². The average molecular weight is 346 g/mol. The van der Waals surface area contributed by atoms with Gasteiger partial charge in [0.25, 0.3) is 5.91 Å². The maximum absolute atomic E-state index is 12.6. The first-order chi connectivity index (χ1) is 10.2. The largest absolute Gasteiger partial charge is 0.339 e. The Bertz CT molecular complexity index is 659. The van der Waals surface area contributed by atoms with E-state index in [4.69, 9.17) is 0 Å². The normalized spacial score (nSPS) is 16.4. The molecule has 1 fully saturated rings. The molecule has 3 rings (SSSR count). The van der Waals surface area contributed by atoms with Crippen LogP contribution in [0, 0.1) is 5.92 Å². The number of amides is 1. The maximum Gasteiger partial charge on any atom is 0.253 e. The van der Waals surface area contributed by atoms with E-state index in [1.165, 1.54) is 6.42 Å². The predicted molar refractivity (Wildman–Crippen MR) is 90.6 cm³/mol. The number of hydrogen-bond acceptors (Lipinski definition) is 1. The van der Waals surface area contributed by atoms with Crippen molar-refractivity contribution in [1.82, 2.24) is 4.90 Å². The van der Waals surface area contributed by atoms with E-state index < -0.39 is 0 Å². The number of carbonyl (C=O) groups is 1. The Hall–Kier alpha value is -1.35. The molecule has 0 bridgehead atoms. The van der Waals surface area contributed by atoms with Crippen LogP contribution in [0.5, 0.6) is 0 Å². The minimum atomic E-state index is 0.175. The Kier molecular flexibility index (Phi) is 4.29. The van der Waals surface area contributed by atoms with Gasteiger partial charge < -0.3 is 4.90 Å². The molecule has 2 aromatic carbocycles. The molecule has 0 spiro atoms. The molecule has 0 radical (unpaired) electrons. The zero-order chi connectivity index (χ0) is 14.8. The second-order valence-electron chi connectivity index (χ2n) is 5.85. The number of nitrogens with zero attached hydrogens (tertiary/aromatic N) is 1. The smallest absolute Gasteiger partial charge is 0.253 e. The van der Waals surface area contributed by atoms with E-state index >= 15 is 0 Å². The Labute approximate surface area is 134 Å². The van der Waals surface area contributed by atoms with E-state index in [0.29, 0.717) is 0 Å². The van der Waals surface area contributed by atoms with Gasteiger partial charge in [0.2, 0.25) is 0 Å². The first kappa shape index (κ1) is 14.6. The van der Waals surface area contributed by atoms with Crippen LogP contribution in [0.25, 0.3) is 10.8 Å². The van der Waals surface area contributed by atoms with E-state index in [0.717, 1.165) is 52.7 Å². The van der Waals surface area contributed by atoms with E-state index in [9.17, 15) is 4.79 Å². The van der Waals surface area contributed by atoms with Crippen molar-refractivity contribution in [2.75, 3.05) is 13.1 Å². The van der Waals surface area contributed by atoms with Gasteiger partial charge in [-0.05, 0) is 53.8 Å². The summed E-state index contributed by atoms with van der Waals surface area (Å²) in [6.45, 7) is 4.04. The molecule has 2 nitrogen and oxygen atoms in total. The van der Waals surface area contributed by atoms with Gasteiger partial charge >= 0.3 is 0 Å². The quantitative estimate of drug-likeness (QED) is 0.760. The minimum Gasteiger partial charge on any atom is -0.339 e. The van der Waals surface area contributed by atoms with Gasteiger partial charge in [0.1, 0.15) is 0 Å². The Balaban J connectivity index is 1.80. The standard InChI is InChI=1S/C18H20BrNO/c1-2-13-7-9-20(10-8-13)18(21)16-4-3-15-12-17(19)6-5-14(15)11-16/h3-6,11-13H,2,7-10H2,1H3. The van der Waals surface area contributed by atoms with Gasteiger partial charge in [-0.1, -0.05) is 41.4 Å². The van der Waals surface area contributed by atoms with Gasteiger partial charge in [-0.3, -0.25) is 4.79 Å². The van der Waals surface area contributed by atoms with Crippen molar-refractivity contribution in [2.24, 2.45) is 5.92 Å². The average Bonchev–Trinajstić information content (AvgIpc) is 2.53. The number of rotatable bonds is 2. The van der Waals surface area contributed by atoms with Gasteiger partial charge in [-0.2, -0.15) is 0 Å². The number of hydrogen-bond donors (Lipinski definition) is 0. The summed E-state index contributed by atoms with van der Waals surface area (Å²) in [4.78, 5) is 14.6. The van der Waals surface area contributed by atoms with Crippen LogP contribution >= 0.6 is 15.9 Å². The summed E-state index contributed by atoms with van der Waals surface area (Å²) in [5.41, 5.74) is 0.805. The highest BCUT2D eigenvalue weighted by molar-refractivity contribution is 9.10. The lowest BCUT2D eigenvalue weighted by Gasteiger charge is -2.31. The molecule has 1 aliphatic heterocycles. The van der Waals surface area contributed by atoms with Gasteiger partial charge in [0.15, 0.2) is 0 Å². The number of carbonyl (C=O) groups excluding carboxylic acids is 1. The Morgan fingerprint density at radius 1 is 1.14 bits per heavy atom. The van der Waals surface area contributed by atoms with Gasteiger partial charge in [-0.25, -0.2) is 0 Å². The minimum absolute atomic E-state index is 0.175. The van der Waals surface area contributed by atoms with Gasteiger partial charge in [0, 0.05) is 23.1 Å². The second-order valence-corrected chi connectivity index (χ2v) is 6.77. The second kappa shape index (κ2) is 6.18. The van der Waals surface area contributed by atoms with Crippen LogP contribution in [0.4, 0.5) is 0 Å². The van der Waals surface area contributed by atoms with Crippen LogP contribution in [0.1, 0.15) is 36.5 Å². The first-order valence-corrected chi connectivity index (χ1v) is 8.45. The third-order valence-corrected chi connectivity index (χ3v) is 5.02. The zero-order valence-electron chi connectivity index (χ0n) is 12.3. The number of piperidine rings is 1. The molecule has 0 N–H and O–H groups in total. The molecule has 0 unspecified atom stereocenters. The highest BCUT2D eigenvalue weighted by atomic mass is 79.9. The van der Waals surface area contributed by atoms with E-state index in [1.807, 2.05) is 29.2 Å². The Morgan fingerprint density at radius 2 is 1.81 bits per heavy atom. The summed E-state index contributed by atoms with van der Waals surface area (Å²) in [6, 6.07) is 12.1. The lowest BCUT2D eigenvalue weighted by molar-refractivity contribution is 0.0689. The molecular formula is C18H20BrNO. The molecule has 0 aliphatic carbocycles. The van der Waals surface area contributed by atoms with Crippen LogP contribution < -0.4 is 0 Å². The lowest BCUT2D eigenvalue weighted by atomic mass is 9.94. The fourth-order valence-electron chi connectivity index (χ4n) is 3.08. The van der Waals surface area contributed by atoms with Crippen LogP contribution in [0.15, 0.2) is 40.9 Å². The highest BCUT2D eigenvalue weighted by Gasteiger charge is 2.22. The van der Waals surface area contributed by atoms with Crippen molar-refractivity contribution in [3.63, 3.8) is 0 Å². The third-order valence-electron chi connectivity index (χ3n) is 4.53. The van der Waals surface area contributed by atoms with Gasteiger partial charge in [-0.15, -0.1) is 0 Å². The molecule has 0 saturated carbocycles. The van der Waals surface area contributed by atoms with Gasteiger partial charge in [0.05, 0.1) is 0 Å². The predicted octanol–water partition coefficient (Wildman–Crippen LogP) is 4.86. The summed E-state index contributed by atoms with van der Waals surface area (Å²) in [7, 11) is 0. The number of benzene rings is 2. The van der Waals surface area contributed by atoms with E-state index in [2.05, 4.69) is 35.0 Å². The summed E-state index contributed by atoms with van der Waals surface area (Å²) in [5.74, 6) is 0.970. The maximum atomic E-state index is 12.6. The SMILES string of the molecule is CCC1CCN(C(=O)c2ccc3cc(Br)ccc3c2)CC1. The Morgan fingerprint density at radius 3 is 2.52 bits per heavy atom. The molecule has 1 saturated heterocycles. The van der Waals surface area contributed by atoms with Crippen LogP contribution in [0.3, 0.4) is 0 Å². The van der Waals surface area contributed by atoms with Crippen molar-refractivity contribution < 1.29 is 4.79 Å². The molecule has 21 heavy (non-hydrogen) atoms. The van der Waals surface area contributed by atoms with Crippen LogP contribution in [0.2, 0.25) is 0 Å². The summed E-state index contributed by atoms with van der Waals surface area (Å²) in [6.07, 6.45) is 3.51. The first-order valence-electron chi connectivity index (χ1n) is 7.66. The lowest BCUT2D eigenvalue weighted by Crippen LogP contribution is -2.38. The summed E-state index contributed by atoms with van der Waals surface area (Å²) >= 11 is 3.48.